The number of methoxy groups -OCH3 is 1. The Morgan fingerprint density at radius 2 is 1.68 bits per heavy atom. The highest BCUT2D eigenvalue weighted by Gasteiger charge is 2.05. The van der Waals surface area contributed by atoms with Crippen LogP contribution in [0.2, 0.25) is 0 Å². The van der Waals surface area contributed by atoms with Crippen molar-refractivity contribution >= 4 is 5.69 Å². The molecule has 0 amide bonds. The van der Waals surface area contributed by atoms with Crippen LogP contribution in [-0.2, 0) is 0 Å². The second kappa shape index (κ2) is 7.74. The Hall–Kier alpha value is -2.16. The summed E-state index contributed by atoms with van der Waals surface area (Å²) < 4.78 is 11.2. The first-order chi connectivity index (χ1) is 10.6. The minimum Gasteiger partial charge on any atom is -0.497 e. The summed E-state index contributed by atoms with van der Waals surface area (Å²) in [4.78, 5) is 0. The highest BCUT2D eigenvalue weighted by Crippen LogP contribution is 2.20. The second-order valence-corrected chi connectivity index (χ2v) is 5.77. The van der Waals surface area contributed by atoms with Crippen LogP contribution in [-0.4, -0.2) is 19.8 Å². The average molecular weight is 299 g/mol. The highest BCUT2D eigenvalue weighted by molar-refractivity contribution is 5.48. The monoisotopic (exact) mass is 299 g/mol. The largest absolute Gasteiger partial charge is 0.497 e. The number of ether oxygens (including phenoxy) is 2. The van der Waals surface area contributed by atoms with Crippen molar-refractivity contribution in [3.8, 4) is 11.5 Å². The van der Waals surface area contributed by atoms with E-state index in [0.29, 0.717) is 5.92 Å². The van der Waals surface area contributed by atoms with Crippen molar-refractivity contribution in [1.29, 1.82) is 0 Å². The number of anilines is 1. The molecule has 2 aromatic carbocycles. The van der Waals surface area contributed by atoms with Gasteiger partial charge in [0.15, 0.2) is 0 Å². The molecule has 1 N–H and O–H groups in total. The van der Waals surface area contributed by atoms with E-state index in [-0.39, 0.29) is 6.10 Å². The number of hydrogen-bond donors (Lipinski definition) is 1. The molecular weight excluding hydrogens is 274 g/mol. The fourth-order valence-electron chi connectivity index (χ4n) is 2.20. The lowest BCUT2D eigenvalue weighted by atomic mass is 10.0. The Bertz CT molecular complexity index is 578. The quantitative estimate of drug-likeness (QED) is 0.804. The topological polar surface area (TPSA) is 30.5 Å². The van der Waals surface area contributed by atoms with Crippen LogP contribution in [0.3, 0.4) is 0 Å². The normalized spacial score (nSPS) is 12.0. The molecule has 0 aliphatic rings. The lowest BCUT2D eigenvalue weighted by molar-refractivity contribution is 0.234. The first-order valence-corrected chi connectivity index (χ1v) is 7.73. The van der Waals surface area contributed by atoms with Crippen molar-refractivity contribution in [2.24, 2.45) is 0 Å². The van der Waals surface area contributed by atoms with Crippen molar-refractivity contribution in [2.75, 3.05) is 19.0 Å². The molecule has 0 radical (unpaired) electrons. The van der Waals surface area contributed by atoms with Crippen LogP contribution in [0.1, 0.15) is 32.3 Å². The summed E-state index contributed by atoms with van der Waals surface area (Å²) in [6.45, 7) is 7.18. The Balaban J connectivity index is 1.85. The van der Waals surface area contributed by atoms with Crippen LogP contribution < -0.4 is 14.8 Å². The number of benzene rings is 2. The van der Waals surface area contributed by atoms with Gasteiger partial charge in [0.2, 0.25) is 0 Å². The predicted molar refractivity (Wildman–Crippen MR) is 92.1 cm³/mol. The van der Waals surface area contributed by atoms with Crippen LogP contribution in [0.25, 0.3) is 0 Å². The molecule has 3 nitrogen and oxygen atoms in total. The van der Waals surface area contributed by atoms with Gasteiger partial charge in [0, 0.05) is 11.8 Å². The minimum atomic E-state index is 0.0797. The smallest absolute Gasteiger partial charge is 0.120 e. The Labute approximate surface area is 133 Å². The summed E-state index contributed by atoms with van der Waals surface area (Å²) >= 11 is 0. The third-order valence-electron chi connectivity index (χ3n) is 3.55. The van der Waals surface area contributed by atoms with Gasteiger partial charge in [-0.15, -0.1) is 0 Å². The van der Waals surface area contributed by atoms with Gasteiger partial charge in [0.25, 0.3) is 0 Å². The van der Waals surface area contributed by atoms with E-state index in [1.807, 2.05) is 36.4 Å². The summed E-state index contributed by atoms with van der Waals surface area (Å²) in [5.74, 6) is 2.30. The molecule has 0 aromatic heterocycles. The molecule has 1 atom stereocenters. The van der Waals surface area contributed by atoms with Crippen LogP contribution in [0.5, 0.6) is 11.5 Å². The molecule has 0 saturated heterocycles. The molecular formula is C19H25NO2. The Morgan fingerprint density at radius 1 is 0.955 bits per heavy atom. The summed E-state index contributed by atoms with van der Waals surface area (Å²) in [5, 5.41) is 3.36. The first-order valence-electron chi connectivity index (χ1n) is 7.73. The maximum atomic E-state index is 5.93. The van der Waals surface area contributed by atoms with Crippen LogP contribution in [0.4, 0.5) is 5.69 Å². The summed E-state index contributed by atoms with van der Waals surface area (Å²) in [6, 6.07) is 16.2. The maximum Gasteiger partial charge on any atom is 0.120 e. The van der Waals surface area contributed by atoms with E-state index in [4.69, 9.17) is 9.47 Å². The van der Waals surface area contributed by atoms with Gasteiger partial charge in [-0.2, -0.15) is 0 Å². The Morgan fingerprint density at radius 3 is 2.32 bits per heavy atom. The summed E-state index contributed by atoms with van der Waals surface area (Å²) in [5.41, 5.74) is 2.36. The summed E-state index contributed by atoms with van der Waals surface area (Å²) in [7, 11) is 1.67. The molecule has 0 aliphatic carbocycles. The van der Waals surface area contributed by atoms with E-state index in [9.17, 15) is 0 Å². The van der Waals surface area contributed by atoms with Gasteiger partial charge in [-0.3, -0.25) is 0 Å². The fraction of sp³-hybridized carbons (Fsp3) is 0.368. The van der Waals surface area contributed by atoms with E-state index >= 15 is 0 Å². The van der Waals surface area contributed by atoms with Gasteiger partial charge >= 0.3 is 0 Å². The number of hydrogen-bond acceptors (Lipinski definition) is 3. The SMILES string of the molecule is COc1cccc(NC[C@H](C)Oc2ccc(C(C)C)cc2)c1. The molecule has 0 aliphatic heterocycles. The van der Waals surface area contributed by atoms with E-state index in [1.165, 1.54) is 5.56 Å². The predicted octanol–water partition coefficient (Wildman–Crippen LogP) is 4.70. The number of nitrogens with one attached hydrogen (secondary N) is 1. The summed E-state index contributed by atoms with van der Waals surface area (Å²) in [6.07, 6.45) is 0.0797. The molecule has 2 aromatic rings. The zero-order valence-corrected chi connectivity index (χ0v) is 13.8. The molecule has 118 valence electrons. The molecule has 0 spiro atoms. The average Bonchev–Trinajstić information content (AvgIpc) is 2.53. The van der Waals surface area contributed by atoms with Crippen molar-refractivity contribution in [3.63, 3.8) is 0 Å². The molecule has 0 heterocycles. The minimum absolute atomic E-state index is 0.0797. The van der Waals surface area contributed by atoms with E-state index in [1.54, 1.807) is 7.11 Å². The lowest BCUT2D eigenvalue weighted by Gasteiger charge is -2.17. The van der Waals surface area contributed by atoms with Gasteiger partial charge in [0.05, 0.1) is 13.7 Å². The molecule has 0 bridgehead atoms. The Kier molecular flexibility index (Phi) is 5.70. The van der Waals surface area contributed by atoms with Gasteiger partial charge in [-0.1, -0.05) is 32.0 Å². The van der Waals surface area contributed by atoms with E-state index in [0.717, 1.165) is 23.7 Å². The lowest BCUT2D eigenvalue weighted by Crippen LogP contribution is -2.22. The van der Waals surface area contributed by atoms with Crippen molar-refractivity contribution < 1.29 is 9.47 Å². The van der Waals surface area contributed by atoms with Gasteiger partial charge in [-0.25, -0.2) is 0 Å². The number of rotatable bonds is 7. The van der Waals surface area contributed by atoms with Gasteiger partial charge < -0.3 is 14.8 Å². The molecule has 0 fully saturated rings. The van der Waals surface area contributed by atoms with Crippen molar-refractivity contribution in [2.45, 2.75) is 32.8 Å². The molecule has 22 heavy (non-hydrogen) atoms. The zero-order valence-electron chi connectivity index (χ0n) is 13.8. The third kappa shape index (κ3) is 4.69. The first kappa shape index (κ1) is 16.2. The van der Waals surface area contributed by atoms with Crippen molar-refractivity contribution in [1.82, 2.24) is 0 Å². The van der Waals surface area contributed by atoms with Crippen LogP contribution in [0, 0.1) is 0 Å². The second-order valence-electron chi connectivity index (χ2n) is 5.77. The fourth-order valence-corrected chi connectivity index (χ4v) is 2.20. The third-order valence-corrected chi connectivity index (χ3v) is 3.55. The molecule has 0 unspecified atom stereocenters. The van der Waals surface area contributed by atoms with Gasteiger partial charge in [-0.05, 0) is 42.7 Å². The highest BCUT2D eigenvalue weighted by atomic mass is 16.5. The zero-order chi connectivity index (χ0) is 15.9. The maximum absolute atomic E-state index is 5.93. The standard InChI is InChI=1S/C19H25NO2/c1-14(2)16-8-10-18(11-9-16)22-15(3)13-20-17-6-5-7-19(12-17)21-4/h5-12,14-15,20H,13H2,1-4H3/t15-/m0/s1. The van der Waals surface area contributed by atoms with Gasteiger partial charge in [0.1, 0.15) is 17.6 Å². The van der Waals surface area contributed by atoms with E-state index < -0.39 is 0 Å². The molecule has 2 rings (SSSR count). The van der Waals surface area contributed by atoms with Crippen molar-refractivity contribution in [3.05, 3.63) is 54.1 Å². The van der Waals surface area contributed by atoms with Crippen LogP contribution in [0.15, 0.2) is 48.5 Å². The molecule has 0 saturated carbocycles. The van der Waals surface area contributed by atoms with E-state index in [2.05, 4.69) is 38.2 Å². The molecule has 3 heteroatoms. The van der Waals surface area contributed by atoms with Crippen LogP contribution >= 0.6 is 0 Å².